The van der Waals surface area contributed by atoms with E-state index in [1.165, 1.54) is 0 Å². The van der Waals surface area contributed by atoms with E-state index in [4.69, 9.17) is 9.52 Å². The molecule has 0 atom stereocenters. The molecular weight excluding hydrogens is 928 g/mol. The quantitative estimate of drug-likeness (QED) is 0.125. The van der Waals surface area contributed by atoms with Crippen LogP contribution < -0.4 is 5.43 Å². The second-order valence-electron chi connectivity index (χ2n) is 10.1. The van der Waals surface area contributed by atoms with E-state index in [0.29, 0.717) is 21.9 Å². The van der Waals surface area contributed by atoms with Crippen LogP contribution in [0.1, 0.15) is 0 Å². The van der Waals surface area contributed by atoms with Gasteiger partial charge >= 0.3 is 71.4 Å². The first-order valence-electron chi connectivity index (χ1n) is 12.4. The van der Waals surface area contributed by atoms with Gasteiger partial charge in [-0.15, -0.1) is 0 Å². The highest BCUT2D eigenvalue weighted by atomic mass is 127. The largest absolute Gasteiger partial charge is 0.477 e. The highest BCUT2D eigenvalue weighted by molar-refractivity contribution is 14.1. The van der Waals surface area contributed by atoms with Gasteiger partial charge in [-0.2, -0.15) is 101 Å². The first-order chi connectivity index (χ1) is 23.2. The predicted molar refractivity (Wildman–Crippen MR) is 136 cm³/mol. The summed E-state index contributed by atoms with van der Waals surface area (Å²) < 4.78 is 304. The van der Waals surface area contributed by atoms with E-state index in [2.05, 4.69) is 22.6 Å². The molecular formula is C25H8F23IO4. The summed E-state index contributed by atoms with van der Waals surface area (Å²) in [6.07, 6.45) is -8.13. The van der Waals surface area contributed by atoms with Gasteiger partial charge < -0.3 is 9.52 Å². The van der Waals surface area contributed by atoms with Crippen molar-refractivity contribution in [2.45, 2.75) is 65.4 Å². The summed E-state index contributed by atoms with van der Waals surface area (Å²) in [6.45, 7) is 0. The summed E-state index contributed by atoms with van der Waals surface area (Å²) in [7, 11) is 0. The number of carboxylic acids is 1. The van der Waals surface area contributed by atoms with Crippen LogP contribution in [0.5, 0.6) is 0 Å². The molecule has 3 rings (SSSR count). The van der Waals surface area contributed by atoms with Crippen molar-refractivity contribution in [2.75, 3.05) is 0 Å². The highest BCUT2D eigenvalue weighted by Crippen LogP contribution is 2.67. The minimum atomic E-state index is -9.50. The van der Waals surface area contributed by atoms with Crippen LogP contribution in [-0.2, 0) is 4.79 Å². The maximum absolute atomic E-state index is 13.4. The highest BCUT2D eigenvalue weighted by Gasteiger charge is 2.99. The van der Waals surface area contributed by atoms with Crippen molar-refractivity contribution in [3.05, 3.63) is 56.3 Å². The molecule has 0 bridgehead atoms. The number of para-hydroxylation sites is 1. The third-order valence-electron chi connectivity index (χ3n) is 6.71. The Morgan fingerprint density at radius 1 is 0.491 bits per heavy atom. The molecule has 1 N–H and O–H groups in total. The topological polar surface area (TPSA) is 67.5 Å². The third-order valence-corrected chi connectivity index (χ3v) is 7.38. The first kappa shape index (κ1) is 45.7. The van der Waals surface area contributed by atoms with Crippen LogP contribution in [0.2, 0.25) is 0 Å². The van der Waals surface area contributed by atoms with E-state index >= 15 is 0 Å². The van der Waals surface area contributed by atoms with Gasteiger partial charge in [0, 0.05) is 3.57 Å². The van der Waals surface area contributed by atoms with Gasteiger partial charge in [-0.1, -0.05) is 12.1 Å². The lowest BCUT2D eigenvalue weighted by Crippen LogP contribution is -2.78. The average molecular weight is 936 g/mol. The first-order valence-corrected chi connectivity index (χ1v) is 13.5. The molecule has 0 spiro atoms. The van der Waals surface area contributed by atoms with Gasteiger partial charge in [0.25, 0.3) is 0 Å². The van der Waals surface area contributed by atoms with E-state index in [1.807, 2.05) is 36.4 Å². The fourth-order valence-electron chi connectivity index (χ4n) is 3.67. The number of halogens is 24. The molecule has 0 aliphatic carbocycles. The molecule has 0 saturated carbocycles. The molecule has 0 fully saturated rings. The molecule has 0 aliphatic rings. The van der Waals surface area contributed by atoms with E-state index in [1.54, 1.807) is 6.07 Å². The Morgan fingerprint density at radius 2 is 0.830 bits per heavy atom. The number of benzene rings is 2. The lowest BCUT2D eigenvalue weighted by Gasteiger charge is -2.44. The Hall–Kier alpha value is -3.50. The number of aliphatic carboxylic acids is 1. The maximum atomic E-state index is 13.4. The van der Waals surface area contributed by atoms with Crippen LogP contribution in [0.3, 0.4) is 0 Å². The summed E-state index contributed by atoms with van der Waals surface area (Å²) in [5.41, 5.74) is 1.32. The van der Waals surface area contributed by atoms with Crippen molar-refractivity contribution in [1.82, 2.24) is 0 Å². The minimum absolute atomic E-state index is 0.0374. The van der Waals surface area contributed by atoms with Crippen molar-refractivity contribution >= 4 is 50.5 Å². The molecule has 3 aromatic rings. The van der Waals surface area contributed by atoms with Crippen LogP contribution >= 0.6 is 22.6 Å². The van der Waals surface area contributed by atoms with Crippen LogP contribution in [0.15, 0.2) is 51.7 Å². The molecule has 0 aliphatic heterocycles. The molecule has 1 aromatic heterocycles. The summed E-state index contributed by atoms with van der Waals surface area (Å²) in [4.78, 5) is 22.0. The summed E-state index contributed by atoms with van der Waals surface area (Å²) >= 11 is 2.19. The number of hydrogen-bond donors (Lipinski definition) is 1. The average Bonchev–Trinajstić information content (AvgIpc) is 3.00. The van der Waals surface area contributed by atoms with Gasteiger partial charge in [-0.3, -0.25) is 4.79 Å². The molecule has 4 nitrogen and oxygen atoms in total. The monoisotopic (exact) mass is 936 g/mol. The van der Waals surface area contributed by atoms with E-state index < -0.39 is 71.4 Å². The molecule has 0 saturated heterocycles. The summed E-state index contributed by atoms with van der Waals surface area (Å²) in [6, 6.07) is 12.9. The molecule has 0 unspecified atom stereocenters. The van der Waals surface area contributed by atoms with Crippen molar-refractivity contribution < 1.29 is 115 Å². The maximum Gasteiger partial charge on any atom is 0.460 e. The Balaban J connectivity index is 0.000000493. The van der Waals surface area contributed by atoms with Crippen LogP contribution in [-0.4, -0.2) is 76.5 Å². The number of carboxylic acid groups (broad SMARTS) is 1. The van der Waals surface area contributed by atoms with Crippen molar-refractivity contribution in [3.8, 4) is 0 Å². The standard InChI is InChI=1S/C13H7IO2.C12HF23O2/c14-8-5-6-12-10(7-8)13(15)9-3-1-2-4-11(9)16-12;13-2(14,1(36)37)3(15,16)4(17,18)5(19,20)6(21,22)7(23,24)8(25,26)9(27,28)10(29,30)11(31,32)12(33,34)35/h1-7H;(H,36,37). The van der Waals surface area contributed by atoms with E-state index in [0.717, 1.165) is 3.57 Å². The second kappa shape index (κ2) is 13.1. The zero-order valence-electron chi connectivity index (χ0n) is 23.8. The second-order valence-corrected chi connectivity index (χ2v) is 11.4. The number of rotatable bonds is 10. The molecule has 0 amide bonds. The Morgan fingerprint density at radius 3 is 1.21 bits per heavy atom. The third kappa shape index (κ3) is 6.35. The lowest BCUT2D eigenvalue weighted by atomic mass is 9.85. The van der Waals surface area contributed by atoms with Gasteiger partial charge in [-0.05, 0) is 52.9 Å². The Labute approximate surface area is 287 Å². The van der Waals surface area contributed by atoms with Crippen LogP contribution in [0.4, 0.5) is 101 Å². The molecule has 2 aromatic carbocycles. The Bertz CT molecular complexity index is 1910. The minimum Gasteiger partial charge on any atom is -0.477 e. The van der Waals surface area contributed by atoms with E-state index in [9.17, 15) is 111 Å². The van der Waals surface area contributed by atoms with Crippen molar-refractivity contribution in [3.63, 3.8) is 0 Å². The molecule has 0 radical (unpaired) electrons. The number of fused-ring (bicyclic) bond motifs is 2. The number of carbonyl (C=O) groups is 1. The molecule has 53 heavy (non-hydrogen) atoms. The van der Waals surface area contributed by atoms with Gasteiger partial charge in [-0.25, -0.2) is 4.79 Å². The number of alkyl halides is 23. The summed E-state index contributed by atoms with van der Waals surface area (Å²) in [5.74, 6) is -94.6. The van der Waals surface area contributed by atoms with Crippen molar-refractivity contribution in [1.29, 1.82) is 0 Å². The van der Waals surface area contributed by atoms with Gasteiger partial charge in [0.2, 0.25) is 5.43 Å². The zero-order valence-corrected chi connectivity index (χ0v) is 25.9. The fourth-order valence-corrected chi connectivity index (χ4v) is 4.16. The lowest BCUT2D eigenvalue weighted by molar-refractivity contribution is -0.477. The van der Waals surface area contributed by atoms with Gasteiger partial charge in [0.15, 0.2) is 0 Å². The van der Waals surface area contributed by atoms with Crippen LogP contribution in [0, 0.1) is 3.57 Å². The van der Waals surface area contributed by atoms with Gasteiger partial charge in [0.05, 0.1) is 10.8 Å². The van der Waals surface area contributed by atoms with Crippen molar-refractivity contribution in [2.24, 2.45) is 0 Å². The molecule has 300 valence electrons. The predicted octanol–water partition coefficient (Wildman–Crippen LogP) is 10.5. The Kier molecular flexibility index (Phi) is 11.3. The normalized spacial score (nSPS) is 15.0. The van der Waals surface area contributed by atoms with Gasteiger partial charge in [0.1, 0.15) is 11.2 Å². The molecule has 28 heteroatoms. The fraction of sp³-hybridized carbons (Fsp3) is 0.440. The zero-order chi connectivity index (χ0) is 42.2. The SMILES string of the molecule is O=C(O)C(F)(F)C(F)(F)C(F)(F)C(F)(F)C(F)(F)C(F)(F)C(F)(F)C(F)(F)C(F)(F)C(F)(F)C(F)(F)F.O=c1c2ccccc2oc2ccc(I)cc12. The van der Waals surface area contributed by atoms with Crippen LogP contribution in [0.25, 0.3) is 21.9 Å². The smallest absolute Gasteiger partial charge is 0.460 e. The molecule has 1 heterocycles. The summed E-state index contributed by atoms with van der Waals surface area (Å²) in [5, 5.41) is 8.91. The number of hydrogen-bond acceptors (Lipinski definition) is 3. The van der Waals surface area contributed by atoms with E-state index in [-0.39, 0.29) is 5.43 Å².